The van der Waals surface area contributed by atoms with E-state index in [1.165, 1.54) is 12.5 Å². The SMILES string of the molecule is CCCOc1cccc(Cn2cc(-c3nc(-c4ccc(C5(O)CCCCC5)cc4)no3)ccc2=O)c1. The lowest BCUT2D eigenvalue weighted by atomic mass is 9.79. The molecule has 0 atom stereocenters. The molecule has 0 saturated heterocycles. The summed E-state index contributed by atoms with van der Waals surface area (Å²) in [4.78, 5) is 17.1. The van der Waals surface area contributed by atoms with E-state index in [0.717, 1.165) is 54.5 Å². The Morgan fingerprint density at radius 1 is 1.03 bits per heavy atom. The minimum atomic E-state index is -0.742. The van der Waals surface area contributed by atoms with E-state index in [1.807, 2.05) is 48.5 Å². The number of nitrogens with zero attached hydrogens (tertiary/aromatic N) is 3. The van der Waals surface area contributed by atoms with Crippen molar-refractivity contribution in [2.45, 2.75) is 57.6 Å². The van der Waals surface area contributed by atoms with Crippen LogP contribution in [0.25, 0.3) is 22.8 Å². The van der Waals surface area contributed by atoms with Gasteiger partial charge in [-0.25, -0.2) is 0 Å². The van der Waals surface area contributed by atoms with Gasteiger partial charge >= 0.3 is 0 Å². The third-order valence-electron chi connectivity index (χ3n) is 6.74. The summed E-state index contributed by atoms with van der Waals surface area (Å²) in [7, 11) is 0. The van der Waals surface area contributed by atoms with Crippen LogP contribution in [0.15, 0.2) is 76.2 Å². The van der Waals surface area contributed by atoms with Gasteiger partial charge in [-0.2, -0.15) is 4.98 Å². The zero-order chi connectivity index (χ0) is 25.0. The second-order valence-electron chi connectivity index (χ2n) is 9.47. The van der Waals surface area contributed by atoms with Crippen LogP contribution in [0.1, 0.15) is 56.6 Å². The van der Waals surface area contributed by atoms with Crippen LogP contribution in [0, 0.1) is 0 Å². The lowest BCUT2D eigenvalue weighted by Crippen LogP contribution is -2.28. The number of ether oxygens (including phenoxy) is 1. The van der Waals surface area contributed by atoms with Crippen LogP contribution in [0.5, 0.6) is 5.75 Å². The fourth-order valence-corrected chi connectivity index (χ4v) is 4.74. The van der Waals surface area contributed by atoms with Gasteiger partial charge in [0.2, 0.25) is 5.82 Å². The van der Waals surface area contributed by atoms with Crippen LogP contribution in [-0.2, 0) is 12.1 Å². The molecule has 1 saturated carbocycles. The third kappa shape index (κ3) is 5.26. The minimum absolute atomic E-state index is 0.116. The first-order chi connectivity index (χ1) is 17.5. The average Bonchev–Trinajstić information content (AvgIpc) is 3.40. The van der Waals surface area contributed by atoms with Gasteiger partial charge in [0.05, 0.1) is 24.3 Å². The molecule has 5 rings (SSSR count). The molecule has 1 N–H and O–H groups in total. The molecular weight excluding hydrogens is 454 g/mol. The molecule has 36 heavy (non-hydrogen) atoms. The molecule has 1 aliphatic carbocycles. The molecule has 186 valence electrons. The van der Waals surface area contributed by atoms with E-state index >= 15 is 0 Å². The second-order valence-corrected chi connectivity index (χ2v) is 9.47. The molecule has 7 nitrogen and oxygen atoms in total. The molecule has 0 aliphatic heterocycles. The number of benzene rings is 2. The summed E-state index contributed by atoms with van der Waals surface area (Å²) < 4.78 is 12.9. The summed E-state index contributed by atoms with van der Waals surface area (Å²) in [6.07, 6.45) is 7.54. The van der Waals surface area contributed by atoms with Crippen LogP contribution in [0.4, 0.5) is 0 Å². The standard InChI is InChI=1S/C29H31N3O4/c1-2-17-35-25-8-6-7-21(18-25)19-32-20-23(11-14-26(32)33)28-30-27(31-36-28)22-9-12-24(13-10-22)29(34)15-4-3-5-16-29/h6-14,18,20,34H,2-5,15-17,19H2,1H3. The predicted molar refractivity (Wildman–Crippen MR) is 138 cm³/mol. The van der Waals surface area contributed by atoms with E-state index in [1.54, 1.807) is 16.8 Å². The smallest absolute Gasteiger partial charge is 0.259 e. The maximum atomic E-state index is 12.5. The summed E-state index contributed by atoms with van der Waals surface area (Å²) in [5.74, 6) is 1.60. The van der Waals surface area contributed by atoms with Crippen molar-refractivity contribution in [3.63, 3.8) is 0 Å². The first-order valence-electron chi connectivity index (χ1n) is 12.6. The van der Waals surface area contributed by atoms with Gasteiger partial charge in [0, 0.05) is 17.8 Å². The number of hydrogen-bond acceptors (Lipinski definition) is 6. The van der Waals surface area contributed by atoms with Crippen molar-refractivity contribution >= 4 is 0 Å². The molecule has 1 fully saturated rings. The van der Waals surface area contributed by atoms with E-state index in [2.05, 4.69) is 17.1 Å². The Labute approximate surface area is 210 Å². The Balaban J connectivity index is 1.34. The highest BCUT2D eigenvalue weighted by molar-refractivity contribution is 5.59. The molecule has 0 unspecified atom stereocenters. The average molecular weight is 486 g/mol. The molecule has 0 radical (unpaired) electrons. The highest BCUT2D eigenvalue weighted by Gasteiger charge is 2.31. The first kappa shape index (κ1) is 24.0. The van der Waals surface area contributed by atoms with Crippen molar-refractivity contribution in [3.05, 3.63) is 88.3 Å². The van der Waals surface area contributed by atoms with Crippen molar-refractivity contribution in [2.75, 3.05) is 6.61 Å². The number of aromatic nitrogens is 3. The monoisotopic (exact) mass is 485 g/mol. The number of aliphatic hydroxyl groups is 1. The Hall–Kier alpha value is -3.71. The van der Waals surface area contributed by atoms with Gasteiger partial charge in [-0.1, -0.05) is 67.7 Å². The lowest BCUT2D eigenvalue weighted by Gasteiger charge is -2.32. The highest BCUT2D eigenvalue weighted by atomic mass is 16.5. The van der Waals surface area contributed by atoms with Crippen LogP contribution in [0.3, 0.4) is 0 Å². The zero-order valence-electron chi connectivity index (χ0n) is 20.5. The van der Waals surface area contributed by atoms with Crippen molar-refractivity contribution in [3.8, 4) is 28.6 Å². The number of hydrogen-bond donors (Lipinski definition) is 1. The molecule has 2 heterocycles. The maximum absolute atomic E-state index is 12.5. The first-order valence-corrected chi connectivity index (χ1v) is 12.6. The van der Waals surface area contributed by atoms with Gasteiger partial charge in [0.1, 0.15) is 5.75 Å². The quantitative estimate of drug-likeness (QED) is 0.352. The van der Waals surface area contributed by atoms with E-state index in [-0.39, 0.29) is 5.56 Å². The van der Waals surface area contributed by atoms with Gasteiger partial charge < -0.3 is 18.9 Å². The number of rotatable bonds is 8. The van der Waals surface area contributed by atoms with Crippen LogP contribution in [-0.4, -0.2) is 26.4 Å². The molecular formula is C29H31N3O4. The highest BCUT2D eigenvalue weighted by Crippen LogP contribution is 2.37. The fraction of sp³-hybridized carbons (Fsp3) is 0.345. The van der Waals surface area contributed by atoms with Gasteiger partial charge in [-0.05, 0) is 48.6 Å². The Morgan fingerprint density at radius 2 is 1.81 bits per heavy atom. The van der Waals surface area contributed by atoms with Gasteiger partial charge in [0.15, 0.2) is 0 Å². The molecule has 0 amide bonds. The molecule has 0 spiro atoms. The normalized spacial score (nSPS) is 15.1. The lowest BCUT2D eigenvalue weighted by molar-refractivity contribution is -0.000614. The van der Waals surface area contributed by atoms with Gasteiger partial charge in [-0.3, -0.25) is 4.79 Å². The zero-order valence-corrected chi connectivity index (χ0v) is 20.5. The Kier molecular flexibility index (Phi) is 7.00. The van der Waals surface area contributed by atoms with Crippen LogP contribution >= 0.6 is 0 Å². The summed E-state index contributed by atoms with van der Waals surface area (Å²) in [6, 6.07) is 18.7. The van der Waals surface area contributed by atoms with Crippen molar-refractivity contribution in [1.29, 1.82) is 0 Å². The molecule has 4 aromatic rings. The summed E-state index contributed by atoms with van der Waals surface area (Å²) in [5, 5.41) is 15.1. The number of pyridine rings is 1. The predicted octanol–water partition coefficient (Wildman–Crippen LogP) is 5.55. The summed E-state index contributed by atoms with van der Waals surface area (Å²) in [6.45, 7) is 3.12. The molecule has 2 aromatic carbocycles. The van der Waals surface area contributed by atoms with E-state index in [4.69, 9.17) is 9.26 Å². The van der Waals surface area contributed by atoms with Crippen molar-refractivity contribution in [1.82, 2.24) is 14.7 Å². The molecule has 1 aliphatic rings. The third-order valence-corrected chi connectivity index (χ3v) is 6.74. The summed E-state index contributed by atoms with van der Waals surface area (Å²) >= 11 is 0. The van der Waals surface area contributed by atoms with E-state index in [0.29, 0.717) is 30.4 Å². The van der Waals surface area contributed by atoms with Gasteiger partial charge in [-0.15, -0.1) is 0 Å². The Bertz CT molecular complexity index is 1370. The van der Waals surface area contributed by atoms with E-state index in [9.17, 15) is 9.90 Å². The van der Waals surface area contributed by atoms with Gasteiger partial charge in [0.25, 0.3) is 11.4 Å². The molecule has 0 bridgehead atoms. The Morgan fingerprint density at radius 3 is 2.58 bits per heavy atom. The topological polar surface area (TPSA) is 90.4 Å². The van der Waals surface area contributed by atoms with E-state index < -0.39 is 5.60 Å². The molecule has 2 aromatic heterocycles. The fourth-order valence-electron chi connectivity index (χ4n) is 4.74. The van der Waals surface area contributed by atoms with Crippen LogP contribution < -0.4 is 10.3 Å². The second kappa shape index (κ2) is 10.5. The van der Waals surface area contributed by atoms with Crippen molar-refractivity contribution in [2.24, 2.45) is 0 Å². The largest absolute Gasteiger partial charge is 0.494 e. The van der Waals surface area contributed by atoms with Crippen molar-refractivity contribution < 1.29 is 14.4 Å². The minimum Gasteiger partial charge on any atom is -0.494 e. The summed E-state index contributed by atoms with van der Waals surface area (Å²) in [5.41, 5.74) is 2.52. The van der Waals surface area contributed by atoms with Crippen LogP contribution in [0.2, 0.25) is 0 Å². The molecule has 7 heteroatoms. The maximum Gasteiger partial charge on any atom is 0.259 e.